The zero-order valence-corrected chi connectivity index (χ0v) is 20.5. The highest BCUT2D eigenvalue weighted by atomic mass is 16.5. The van der Waals surface area contributed by atoms with Crippen LogP contribution in [-0.4, -0.2) is 41.1 Å². The van der Waals surface area contributed by atoms with Gasteiger partial charge in [-0.25, -0.2) is 0 Å². The van der Waals surface area contributed by atoms with Crippen molar-refractivity contribution in [3.63, 3.8) is 0 Å². The molecule has 5 nitrogen and oxygen atoms in total. The molecule has 34 heavy (non-hydrogen) atoms. The van der Waals surface area contributed by atoms with Gasteiger partial charge >= 0.3 is 5.97 Å². The summed E-state index contributed by atoms with van der Waals surface area (Å²) in [7, 11) is 0. The summed E-state index contributed by atoms with van der Waals surface area (Å²) in [5.41, 5.74) is 4.37. The number of ether oxygens (including phenoxy) is 1. The van der Waals surface area contributed by atoms with Crippen molar-refractivity contribution in [1.29, 1.82) is 0 Å². The van der Waals surface area contributed by atoms with E-state index in [1.54, 1.807) is 0 Å². The van der Waals surface area contributed by atoms with Crippen molar-refractivity contribution in [3.8, 4) is 0 Å². The van der Waals surface area contributed by atoms with Gasteiger partial charge in [0, 0.05) is 25.1 Å². The van der Waals surface area contributed by atoms with Gasteiger partial charge in [0.25, 0.3) is 5.91 Å². The number of benzene rings is 2. The van der Waals surface area contributed by atoms with E-state index >= 15 is 0 Å². The molecule has 1 heterocycles. The van der Waals surface area contributed by atoms with Gasteiger partial charge in [-0.15, -0.1) is 0 Å². The summed E-state index contributed by atoms with van der Waals surface area (Å²) in [6.07, 6.45) is 9.80. The molecule has 2 aromatic carbocycles. The van der Waals surface area contributed by atoms with E-state index in [9.17, 15) is 9.59 Å². The van der Waals surface area contributed by atoms with Crippen LogP contribution in [0.1, 0.15) is 84.8 Å². The summed E-state index contributed by atoms with van der Waals surface area (Å²) in [6.45, 7) is 3.94. The maximum absolute atomic E-state index is 13.3. The Morgan fingerprint density at radius 1 is 0.912 bits per heavy atom. The molecular weight excluding hydrogens is 426 g/mol. The van der Waals surface area contributed by atoms with E-state index in [0.29, 0.717) is 13.2 Å². The minimum atomic E-state index is -0.694. The number of hydrogen-bond acceptors (Lipinski definition) is 3. The summed E-state index contributed by atoms with van der Waals surface area (Å²) in [6, 6.07) is 16.3. The zero-order chi connectivity index (χ0) is 24.2. The fourth-order valence-electron chi connectivity index (χ4n) is 4.68. The number of carbonyl (C=O) groups is 2. The lowest BCUT2D eigenvalue weighted by Crippen LogP contribution is -2.46. The molecule has 0 fully saturated rings. The molecule has 3 rings (SSSR count). The lowest BCUT2D eigenvalue weighted by Gasteiger charge is -2.37. The van der Waals surface area contributed by atoms with Crippen LogP contribution < -0.4 is 0 Å². The van der Waals surface area contributed by atoms with E-state index in [4.69, 9.17) is 9.84 Å². The van der Waals surface area contributed by atoms with Crippen molar-refractivity contribution in [2.75, 3.05) is 13.2 Å². The van der Waals surface area contributed by atoms with Gasteiger partial charge in [-0.3, -0.25) is 9.59 Å². The molecule has 1 aliphatic rings. The summed E-state index contributed by atoms with van der Waals surface area (Å²) < 4.78 is 6.06. The number of rotatable bonds is 14. The van der Waals surface area contributed by atoms with Crippen LogP contribution >= 0.6 is 0 Å². The van der Waals surface area contributed by atoms with Crippen molar-refractivity contribution >= 4 is 11.9 Å². The average Bonchev–Trinajstić information content (AvgIpc) is 2.83. The van der Waals surface area contributed by atoms with Crippen molar-refractivity contribution in [1.82, 2.24) is 4.90 Å². The quantitative estimate of drug-likeness (QED) is 0.339. The number of carboxylic acids is 1. The van der Waals surface area contributed by atoms with Crippen LogP contribution in [0.3, 0.4) is 0 Å². The summed E-state index contributed by atoms with van der Waals surface area (Å²) in [5, 5.41) is 8.66. The Morgan fingerprint density at radius 3 is 2.29 bits per heavy atom. The maximum atomic E-state index is 13.3. The Hall–Kier alpha value is -2.66. The number of carboxylic acid groups (broad SMARTS) is 1. The van der Waals surface area contributed by atoms with Gasteiger partial charge in [0.15, 0.2) is 0 Å². The summed E-state index contributed by atoms with van der Waals surface area (Å²) >= 11 is 0. The Bertz CT molecular complexity index is 926. The molecule has 1 N–H and O–H groups in total. The van der Waals surface area contributed by atoms with Crippen LogP contribution in [0.5, 0.6) is 0 Å². The van der Waals surface area contributed by atoms with E-state index in [2.05, 4.69) is 18.2 Å². The summed E-state index contributed by atoms with van der Waals surface area (Å²) in [5.74, 6) is -0.616. The molecule has 0 aliphatic carbocycles. The second-order valence-electron chi connectivity index (χ2n) is 9.48. The third kappa shape index (κ3) is 8.28. The first-order valence-electron chi connectivity index (χ1n) is 12.8. The first-order valence-corrected chi connectivity index (χ1v) is 12.8. The number of amides is 1. The van der Waals surface area contributed by atoms with E-state index in [1.165, 1.54) is 30.4 Å². The fourth-order valence-corrected chi connectivity index (χ4v) is 4.68. The molecule has 0 bridgehead atoms. The average molecular weight is 466 g/mol. The number of unbranched alkanes of at least 4 members (excludes halogenated alkanes) is 7. The van der Waals surface area contributed by atoms with Crippen molar-refractivity contribution < 1.29 is 19.4 Å². The molecule has 1 unspecified atom stereocenters. The third-order valence-electron chi connectivity index (χ3n) is 6.62. The lowest BCUT2D eigenvalue weighted by atomic mass is 9.93. The highest BCUT2D eigenvalue weighted by molar-refractivity contribution is 5.94. The number of nitrogens with zero attached hydrogens (tertiary/aromatic N) is 1. The van der Waals surface area contributed by atoms with Crippen LogP contribution in [0.15, 0.2) is 48.5 Å². The highest BCUT2D eigenvalue weighted by Gasteiger charge is 2.30. The van der Waals surface area contributed by atoms with Crippen LogP contribution in [0.4, 0.5) is 0 Å². The summed E-state index contributed by atoms with van der Waals surface area (Å²) in [4.78, 5) is 25.8. The fraction of sp³-hybridized carbons (Fsp3) is 0.517. The Labute approximate surface area is 204 Å². The second kappa shape index (κ2) is 13.9. The van der Waals surface area contributed by atoms with Crippen LogP contribution in [0.25, 0.3) is 0 Å². The van der Waals surface area contributed by atoms with Crippen LogP contribution in [-0.2, 0) is 22.5 Å². The monoisotopic (exact) mass is 465 g/mol. The minimum absolute atomic E-state index is 0.0497. The first-order chi connectivity index (χ1) is 16.5. The molecule has 1 atom stereocenters. The van der Waals surface area contributed by atoms with Gasteiger partial charge < -0.3 is 14.7 Å². The largest absolute Gasteiger partial charge is 0.481 e. The highest BCUT2D eigenvalue weighted by Crippen LogP contribution is 2.25. The molecule has 1 amide bonds. The van der Waals surface area contributed by atoms with Crippen LogP contribution in [0.2, 0.25) is 0 Å². The normalized spacial score (nSPS) is 15.2. The molecule has 0 saturated carbocycles. The Morgan fingerprint density at radius 2 is 1.59 bits per heavy atom. The van der Waals surface area contributed by atoms with Crippen molar-refractivity contribution in [2.45, 2.75) is 83.7 Å². The predicted octanol–water partition coefficient (Wildman–Crippen LogP) is 6.17. The number of aliphatic carboxylic acids is 1. The van der Waals surface area contributed by atoms with Crippen molar-refractivity contribution in [3.05, 3.63) is 70.8 Å². The van der Waals surface area contributed by atoms with Gasteiger partial charge in [-0.05, 0) is 49.4 Å². The molecule has 0 saturated heterocycles. The number of carbonyl (C=O) groups excluding carboxylic acids is 1. The van der Waals surface area contributed by atoms with Gasteiger partial charge in [-0.1, -0.05) is 80.5 Å². The Balaban J connectivity index is 1.40. The topological polar surface area (TPSA) is 66.8 Å². The lowest BCUT2D eigenvalue weighted by molar-refractivity contribution is -0.137. The van der Waals surface area contributed by atoms with Crippen LogP contribution in [0, 0.1) is 6.92 Å². The first kappa shape index (κ1) is 26.0. The van der Waals surface area contributed by atoms with Crippen molar-refractivity contribution in [2.24, 2.45) is 0 Å². The van der Waals surface area contributed by atoms with E-state index in [-0.39, 0.29) is 18.4 Å². The van der Waals surface area contributed by atoms with Gasteiger partial charge in [-0.2, -0.15) is 0 Å². The standard InChI is InChI=1S/C29H39NO4/c1-23-13-12-16-25(19-23)29(33)30-21-26-15-10-9-14-24(26)20-27(30)22-34-18-11-7-5-3-2-4-6-8-17-28(31)32/h9-10,12-16,19,27H,2-8,11,17-18,20-22H2,1H3,(H,31,32). The van der Waals surface area contributed by atoms with E-state index in [0.717, 1.165) is 56.3 Å². The zero-order valence-electron chi connectivity index (χ0n) is 20.5. The molecule has 0 radical (unpaired) electrons. The molecule has 0 spiro atoms. The molecular formula is C29H39NO4. The van der Waals surface area contributed by atoms with Gasteiger partial charge in [0.1, 0.15) is 0 Å². The Kier molecular flexibility index (Phi) is 10.6. The second-order valence-corrected chi connectivity index (χ2v) is 9.48. The SMILES string of the molecule is Cc1cccc(C(=O)N2Cc3ccccc3CC2COCCCCCCCCCCC(=O)O)c1. The third-order valence-corrected chi connectivity index (χ3v) is 6.62. The predicted molar refractivity (Wildman–Crippen MR) is 135 cm³/mol. The molecule has 5 heteroatoms. The van der Waals surface area contributed by atoms with E-state index in [1.807, 2.05) is 42.2 Å². The number of fused-ring (bicyclic) bond motifs is 1. The molecule has 184 valence electrons. The molecule has 1 aliphatic heterocycles. The van der Waals surface area contributed by atoms with Gasteiger partial charge in [0.05, 0.1) is 12.6 Å². The smallest absolute Gasteiger partial charge is 0.303 e. The molecule has 0 aromatic heterocycles. The van der Waals surface area contributed by atoms with Gasteiger partial charge in [0.2, 0.25) is 0 Å². The number of aryl methyl sites for hydroxylation is 1. The minimum Gasteiger partial charge on any atom is -0.481 e. The van der Waals surface area contributed by atoms with E-state index < -0.39 is 5.97 Å². The molecule has 2 aromatic rings. The number of hydrogen-bond donors (Lipinski definition) is 1. The maximum Gasteiger partial charge on any atom is 0.303 e.